The van der Waals surface area contributed by atoms with Gasteiger partial charge in [0.2, 0.25) is 5.28 Å². The second-order valence-corrected chi connectivity index (χ2v) is 2.66. The third kappa shape index (κ3) is 0.973. The zero-order chi connectivity index (χ0) is 7.84. The lowest BCUT2D eigenvalue weighted by molar-refractivity contribution is 1.09. The first-order valence-electron chi connectivity index (χ1n) is 3.23. The molecule has 2 aromatic rings. The van der Waals surface area contributed by atoms with Gasteiger partial charge in [0, 0.05) is 12.4 Å². The molecule has 0 saturated carbocycles. The van der Waals surface area contributed by atoms with Crippen molar-refractivity contribution < 1.29 is 0 Å². The third-order valence-corrected chi connectivity index (χ3v) is 1.74. The number of hydrogen-bond donors (Lipinski definition) is 0. The number of halogens is 1. The van der Waals surface area contributed by atoms with E-state index in [0.29, 0.717) is 5.28 Å². The van der Waals surface area contributed by atoms with E-state index in [1.165, 1.54) is 0 Å². The molecule has 0 aliphatic rings. The molecule has 0 amide bonds. The van der Waals surface area contributed by atoms with Crippen molar-refractivity contribution in [2.75, 3.05) is 0 Å². The largest absolute Gasteiger partial charge is 0.274 e. The van der Waals surface area contributed by atoms with Crippen molar-refractivity contribution in [3.8, 4) is 0 Å². The Balaban J connectivity index is 2.90. The van der Waals surface area contributed by atoms with Crippen LogP contribution in [0.25, 0.3) is 5.65 Å². The van der Waals surface area contributed by atoms with Gasteiger partial charge in [0.15, 0.2) is 0 Å². The summed E-state index contributed by atoms with van der Waals surface area (Å²) in [6.07, 6.45) is 3.49. The lowest BCUT2D eigenvalue weighted by Gasteiger charge is -1.92. The third-order valence-electron chi connectivity index (χ3n) is 1.46. The highest BCUT2D eigenvalue weighted by Crippen LogP contribution is 2.09. The van der Waals surface area contributed by atoms with E-state index in [0.717, 1.165) is 11.3 Å². The highest BCUT2D eigenvalue weighted by molar-refractivity contribution is 6.28. The van der Waals surface area contributed by atoms with E-state index < -0.39 is 0 Å². The summed E-state index contributed by atoms with van der Waals surface area (Å²) in [5.41, 5.74) is 1.78. The van der Waals surface area contributed by atoms with Gasteiger partial charge in [-0.15, -0.1) is 0 Å². The molecule has 56 valence electrons. The van der Waals surface area contributed by atoms with Crippen molar-refractivity contribution in [2.24, 2.45) is 0 Å². The quantitative estimate of drug-likeness (QED) is 0.559. The Bertz CT molecular complexity index is 393. The Hall–Kier alpha value is -1.09. The van der Waals surface area contributed by atoms with Gasteiger partial charge in [-0.1, -0.05) is 0 Å². The fourth-order valence-electron chi connectivity index (χ4n) is 1.01. The van der Waals surface area contributed by atoms with Crippen molar-refractivity contribution in [3.05, 3.63) is 29.4 Å². The Morgan fingerprint density at radius 2 is 2.36 bits per heavy atom. The minimum atomic E-state index is 0.447. The molecule has 0 aliphatic carbocycles. The maximum Gasteiger partial charge on any atom is 0.208 e. The predicted octanol–water partition coefficient (Wildman–Crippen LogP) is 1.69. The molecule has 2 heterocycles. The molecule has 0 bridgehead atoms. The summed E-state index contributed by atoms with van der Waals surface area (Å²) in [7, 11) is 0. The number of rotatable bonds is 0. The van der Waals surface area contributed by atoms with Gasteiger partial charge in [0.25, 0.3) is 0 Å². The van der Waals surface area contributed by atoms with Crippen molar-refractivity contribution in [1.82, 2.24) is 14.4 Å². The number of fused-ring (bicyclic) bond motifs is 1. The molecule has 0 atom stereocenters. The maximum absolute atomic E-state index is 5.78. The molecule has 4 heteroatoms. The summed E-state index contributed by atoms with van der Waals surface area (Å²) in [6.45, 7) is 1.92. The van der Waals surface area contributed by atoms with Crippen LogP contribution < -0.4 is 0 Å². The van der Waals surface area contributed by atoms with Crippen LogP contribution in [0.1, 0.15) is 5.69 Å². The van der Waals surface area contributed by atoms with Crippen molar-refractivity contribution in [1.29, 1.82) is 0 Å². The summed E-state index contributed by atoms with van der Waals surface area (Å²) in [5, 5.41) is 0.447. The van der Waals surface area contributed by atoms with Crippen molar-refractivity contribution in [3.63, 3.8) is 0 Å². The van der Waals surface area contributed by atoms with Crippen LogP contribution in [0.15, 0.2) is 18.5 Å². The Labute approximate surface area is 68.7 Å². The minimum absolute atomic E-state index is 0.447. The summed E-state index contributed by atoms with van der Waals surface area (Å²) < 4.78 is 1.75. The number of nitrogens with zero attached hydrogens (tertiary/aromatic N) is 3. The van der Waals surface area contributed by atoms with E-state index in [1.807, 2.05) is 19.2 Å². The summed E-state index contributed by atoms with van der Waals surface area (Å²) in [5.74, 6) is 0. The molecule has 3 nitrogen and oxygen atoms in total. The average molecular weight is 168 g/mol. The summed E-state index contributed by atoms with van der Waals surface area (Å²) in [4.78, 5) is 8.12. The van der Waals surface area contributed by atoms with Crippen LogP contribution in [0.5, 0.6) is 0 Å². The zero-order valence-corrected chi connectivity index (χ0v) is 6.71. The van der Waals surface area contributed by atoms with Crippen molar-refractivity contribution in [2.45, 2.75) is 6.92 Å². The molecule has 2 rings (SSSR count). The van der Waals surface area contributed by atoms with Crippen LogP contribution in [0.3, 0.4) is 0 Å². The first-order valence-corrected chi connectivity index (χ1v) is 3.61. The molecule has 0 unspecified atom stereocenters. The van der Waals surface area contributed by atoms with Gasteiger partial charge in [-0.2, -0.15) is 0 Å². The van der Waals surface area contributed by atoms with Crippen molar-refractivity contribution >= 4 is 17.2 Å². The van der Waals surface area contributed by atoms with E-state index in [9.17, 15) is 0 Å². The van der Waals surface area contributed by atoms with Crippen LogP contribution >= 0.6 is 11.6 Å². The van der Waals surface area contributed by atoms with Crippen LogP contribution in [0.2, 0.25) is 5.28 Å². The van der Waals surface area contributed by atoms with Gasteiger partial charge in [-0.05, 0) is 24.6 Å². The first-order chi connectivity index (χ1) is 5.27. The Kier molecular flexibility index (Phi) is 1.32. The minimum Gasteiger partial charge on any atom is -0.274 e. The molecule has 0 aromatic carbocycles. The van der Waals surface area contributed by atoms with Crippen LogP contribution in [-0.2, 0) is 0 Å². The number of hydrogen-bond acceptors (Lipinski definition) is 2. The Morgan fingerprint density at radius 1 is 1.55 bits per heavy atom. The van der Waals surface area contributed by atoms with E-state index in [1.54, 1.807) is 10.6 Å². The van der Waals surface area contributed by atoms with Crippen LogP contribution in [0.4, 0.5) is 0 Å². The number of imidazole rings is 1. The highest BCUT2D eigenvalue weighted by atomic mass is 35.5. The van der Waals surface area contributed by atoms with Gasteiger partial charge < -0.3 is 0 Å². The monoisotopic (exact) mass is 167 g/mol. The van der Waals surface area contributed by atoms with Crippen LogP contribution in [0, 0.1) is 6.92 Å². The molecule has 0 N–H and O–H groups in total. The average Bonchev–Trinajstić information content (AvgIpc) is 2.31. The first kappa shape index (κ1) is 6.61. The fraction of sp³-hybridized carbons (Fsp3) is 0.143. The molecule has 0 fully saturated rings. The summed E-state index contributed by atoms with van der Waals surface area (Å²) >= 11 is 5.78. The molecule has 0 spiro atoms. The topological polar surface area (TPSA) is 30.2 Å². The van der Waals surface area contributed by atoms with E-state index in [2.05, 4.69) is 9.97 Å². The zero-order valence-electron chi connectivity index (χ0n) is 5.95. The number of aryl methyl sites for hydroxylation is 1. The summed E-state index contributed by atoms with van der Waals surface area (Å²) in [6, 6.07) is 1.82. The molecule has 0 aliphatic heterocycles. The predicted molar refractivity (Wildman–Crippen MR) is 42.7 cm³/mol. The second kappa shape index (κ2) is 2.20. The molecular formula is C7H6ClN3. The van der Waals surface area contributed by atoms with Gasteiger partial charge in [0.1, 0.15) is 5.65 Å². The highest BCUT2D eigenvalue weighted by Gasteiger charge is 1.99. The van der Waals surface area contributed by atoms with Gasteiger partial charge >= 0.3 is 0 Å². The number of aromatic nitrogens is 3. The standard InChI is InChI=1S/C7H6ClN3/c1-5-4-11-6(10-5)2-3-9-7(11)8/h2-4H,1H3. The van der Waals surface area contributed by atoms with E-state index >= 15 is 0 Å². The fourth-order valence-corrected chi connectivity index (χ4v) is 1.20. The Morgan fingerprint density at radius 3 is 3.09 bits per heavy atom. The second-order valence-electron chi connectivity index (χ2n) is 2.32. The molecule has 0 radical (unpaired) electrons. The maximum atomic E-state index is 5.78. The molecular weight excluding hydrogens is 162 g/mol. The van der Waals surface area contributed by atoms with Gasteiger partial charge in [-0.3, -0.25) is 4.40 Å². The van der Waals surface area contributed by atoms with Gasteiger partial charge in [0.05, 0.1) is 5.69 Å². The normalized spacial score (nSPS) is 10.7. The van der Waals surface area contributed by atoms with E-state index in [4.69, 9.17) is 11.6 Å². The molecule has 2 aromatic heterocycles. The lowest BCUT2D eigenvalue weighted by Crippen LogP contribution is -1.86. The van der Waals surface area contributed by atoms with Gasteiger partial charge in [-0.25, -0.2) is 9.97 Å². The molecule has 0 saturated heterocycles. The molecule has 11 heavy (non-hydrogen) atoms. The SMILES string of the molecule is Cc1cn2c(Cl)nccc2n1. The van der Waals surface area contributed by atoms with Crippen LogP contribution in [-0.4, -0.2) is 14.4 Å². The smallest absolute Gasteiger partial charge is 0.208 e. The van der Waals surface area contributed by atoms with E-state index in [-0.39, 0.29) is 0 Å². The lowest BCUT2D eigenvalue weighted by atomic mass is 10.6.